The molecular formula is C19H16N4O2S. The van der Waals surface area contributed by atoms with Crippen molar-refractivity contribution in [2.75, 3.05) is 12.4 Å². The molecule has 130 valence electrons. The highest BCUT2D eigenvalue weighted by molar-refractivity contribution is 7.14. The number of amides is 1. The molecule has 0 saturated heterocycles. The van der Waals surface area contributed by atoms with Crippen LogP contribution in [0.4, 0.5) is 5.13 Å². The van der Waals surface area contributed by atoms with Gasteiger partial charge in [0, 0.05) is 17.1 Å². The number of aromatic nitrogens is 3. The molecule has 6 nitrogen and oxygen atoms in total. The van der Waals surface area contributed by atoms with Crippen molar-refractivity contribution in [3.05, 3.63) is 65.4 Å². The number of nitrogens with zero attached hydrogens (tertiary/aromatic N) is 3. The van der Waals surface area contributed by atoms with Crippen molar-refractivity contribution in [2.24, 2.45) is 0 Å². The first-order chi connectivity index (χ1) is 12.7. The predicted octanol–water partition coefficient (Wildman–Crippen LogP) is 4.03. The number of methoxy groups -OCH3 is 1. The normalized spacial score (nSPS) is 10.8. The molecule has 7 heteroatoms. The summed E-state index contributed by atoms with van der Waals surface area (Å²) in [6.45, 7) is 1.83. The van der Waals surface area contributed by atoms with Gasteiger partial charge in [0.1, 0.15) is 17.1 Å². The summed E-state index contributed by atoms with van der Waals surface area (Å²) in [5, 5.41) is 5.34. The number of thiazole rings is 1. The second-order valence-corrected chi connectivity index (χ2v) is 6.55. The van der Waals surface area contributed by atoms with Crippen LogP contribution in [0.25, 0.3) is 16.9 Å². The Bertz CT molecular complexity index is 1080. The van der Waals surface area contributed by atoms with Gasteiger partial charge < -0.3 is 4.74 Å². The molecular weight excluding hydrogens is 348 g/mol. The topological polar surface area (TPSA) is 68.5 Å². The molecule has 0 radical (unpaired) electrons. The number of carbonyl (C=O) groups excluding carboxylic acids is 1. The standard InChI is InChI=1S/C19H16N4O2S/c1-12-17(23-10-4-3-5-16(23)20-12)18(24)22-19-21-15(11-26-19)13-6-8-14(25-2)9-7-13/h3-11H,1-2H3,(H,21,22,24). The summed E-state index contributed by atoms with van der Waals surface area (Å²) in [6.07, 6.45) is 1.83. The van der Waals surface area contributed by atoms with Gasteiger partial charge in [0.05, 0.1) is 18.5 Å². The maximum absolute atomic E-state index is 12.7. The number of nitrogens with one attached hydrogen (secondary N) is 1. The lowest BCUT2D eigenvalue weighted by Crippen LogP contribution is -2.15. The third-order valence-electron chi connectivity index (χ3n) is 4.03. The van der Waals surface area contributed by atoms with E-state index in [2.05, 4.69) is 15.3 Å². The Balaban J connectivity index is 1.58. The Kier molecular flexibility index (Phi) is 4.14. The van der Waals surface area contributed by atoms with Gasteiger partial charge in [-0.15, -0.1) is 11.3 Å². The van der Waals surface area contributed by atoms with Crippen molar-refractivity contribution >= 4 is 28.0 Å². The second-order valence-electron chi connectivity index (χ2n) is 5.70. The second kappa shape index (κ2) is 6.61. The number of imidazole rings is 1. The van der Waals surface area contributed by atoms with E-state index in [0.717, 1.165) is 22.7 Å². The Labute approximate surface area is 154 Å². The zero-order chi connectivity index (χ0) is 18.1. The minimum atomic E-state index is -0.225. The molecule has 0 fully saturated rings. The molecule has 1 N–H and O–H groups in total. The fourth-order valence-corrected chi connectivity index (χ4v) is 3.48. The van der Waals surface area contributed by atoms with Crippen LogP contribution in [0.1, 0.15) is 16.2 Å². The first kappa shape index (κ1) is 16.3. The van der Waals surface area contributed by atoms with Crippen LogP contribution in [0.5, 0.6) is 5.75 Å². The summed E-state index contributed by atoms with van der Waals surface area (Å²) >= 11 is 1.39. The van der Waals surface area contributed by atoms with Gasteiger partial charge in [-0.2, -0.15) is 0 Å². The maximum Gasteiger partial charge on any atom is 0.276 e. The zero-order valence-electron chi connectivity index (χ0n) is 14.3. The van der Waals surface area contributed by atoms with Crippen LogP contribution < -0.4 is 10.1 Å². The van der Waals surface area contributed by atoms with E-state index in [4.69, 9.17) is 4.74 Å². The highest BCUT2D eigenvalue weighted by atomic mass is 32.1. The number of hydrogen-bond donors (Lipinski definition) is 1. The first-order valence-electron chi connectivity index (χ1n) is 8.00. The van der Waals surface area contributed by atoms with Crippen molar-refractivity contribution in [3.63, 3.8) is 0 Å². The van der Waals surface area contributed by atoms with Gasteiger partial charge in [-0.3, -0.25) is 14.5 Å². The number of rotatable bonds is 4. The predicted molar refractivity (Wildman–Crippen MR) is 102 cm³/mol. The minimum Gasteiger partial charge on any atom is -0.497 e. The molecule has 4 rings (SSSR count). The molecule has 3 heterocycles. The molecule has 3 aromatic heterocycles. The summed E-state index contributed by atoms with van der Waals surface area (Å²) in [5.74, 6) is 0.567. The fraction of sp³-hybridized carbons (Fsp3) is 0.105. The molecule has 1 aromatic carbocycles. The molecule has 0 bridgehead atoms. The Morgan fingerprint density at radius 3 is 2.73 bits per heavy atom. The van der Waals surface area contributed by atoms with Gasteiger partial charge in [0.25, 0.3) is 5.91 Å². The number of carbonyl (C=O) groups is 1. The van der Waals surface area contributed by atoms with Gasteiger partial charge in [0.2, 0.25) is 0 Å². The molecule has 0 saturated carbocycles. The van der Waals surface area contributed by atoms with Crippen LogP contribution in [0.2, 0.25) is 0 Å². The first-order valence-corrected chi connectivity index (χ1v) is 8.88. The van der Waals surface area contributed by atoms with Gasteiger partial charge in [-0.25, -0.2) is 9.97 Å². The minimum absolute atomic E-state index is 0.225. The number of anilines is 1. The van der Waals surface area contributed by atoms with E-state index in [0.29, 0.717) is 16.5 Å². The van der Waals surface area contributed by atoms with Crippen molar-refractivity contribution in [1.29, 1.82) is 0 Å². The maximum atomic E-state index is 12.7. The molecule has 1 amide bonds. The van der Waals surface area contributed by atoms with Crippen LogP contribution >= 0.6 is 11.3 Å². The van der Waals surface area contributed by atoms with E-state index >= 15 is 0 Å². The van der Waals surface area contributed by atoms with Crippen LogP contribution in [0, 0.1) is 6.92 Å². The van der Waals surface area contributed by atoms with Crippen molar-refractivity contribution in [1.82, 2.24) is 14.4 Å². The summed E-state index contributed by atoms with van der Waals surface area (Å²) < 4.78 is 6.95. The van der Waals surface area contributed by atoms with Crippen LogP contribution in [-0.2, 0) is 0 Å². The quantitative estimate of drug-likeness (QED) is 0.594. The molecule has 4 aromatic rings. The van der Waals surface area contributed by atoms with Crippen LogP contribution in [-0.4, -0.2) is 27.4 Å². The van der Waals surface area contributed by atoms with Gasteiger partial charge in [-0.1, -0.05) is 6.07 Å². The molecule has 0 aliphatic heterocycles. The fourth-order valence-electron chi connectivity index (χ4n) is 2.77. The van der Waals surface area contributed by atoms with E-state index < -0.39 is 0 Å². The summed E-state index contributed by atoms with van der Waals surface area (Å²) in [6, 6.07) is 13.3. The number of ether oxygens (including phenoxy) is 1. The SMILES string of the molecule is COc1ccc(-c2csc(NC(=O)c3c(C)nc4ccccn34)n2)cc1. The number of pyridine rings is 1. The third kappa shape index (κ3) is 2.93. The van der Waals surface area contributed by atoms with E-state index in [1.807, 2.05) is 61.0 Å². The monoisotopic (exact) mass is 364 g/mol. The Morgan fingerprint density at radius 1 is 1.15 bits per heavy atom. The Morgan fingerprint density at radius 2 is 1.96 bits per heavy atom. The summed E-state index contributed by atoms with van der Waals surface area (Å²) in [5.41, 5.74) is 3.71. The number of fused-ring (bicyclic) bond motifs is 1. The number of hydrogen-bond acceptors (Lipinski definition) is 5. The highest BCUT2D eigenvalue weighted by Crippen LogP contribution is 2.27. The van der Waals surface area contributed by atoms with Gasteiger partial charge in [0.15, 0.2) is 5.13 Å². The summed E-state index contributed by atoms with van der Waals surface area (Å²) in [4.78, 5) is 21.6. The lowest BCUT2D eigenvalue weighted by molar-refractivity contribution is 0.102. The lowest BCUT2D eigenvalue weighted by Gasteiger charge is -2.03. The van der Waals surface area contributed by atoms with Crippen LogP contribution in [0.3, 0.4) is 0 Å². The highest BCUT2D eigenvalue weighted by Gasteiger charge is 2.17. The molecule has 0 atom stereocenters. The van der Waals surface area contributed by atoms with Crippen molar-refractivity contribution < 1.29 is 9.53 Å². The van der Waals surface area contributed by atoms with E-state index in [9.17, 15) is 4.79 Å². The lowest BCUT2D eigenvalue weighted by atomic mass is 10.2. The molecule has 0 unspecified atom stereocenters. The summed E-state index contributed by atoms with van der Waals surface area (Å²) in [7, 11) is 1.63. The van der Waals surface area contributed by atoms with Crippen LogP contribution in [0.15, 0.2) is 54.0 Å². The number of benzene rings is 1. The average molecular weight is 364 g/mol. The molecule has 0 aliphatic rings. The van der Waals surface area contributed by atoms with E-state index in [-0.39, 0.29) is 5.91 Å². The smallest absolute Gasteiger partial charge is 0.276 e. The number of aryl methyl sites for hydroxylation is 1. The van der Waals surface area contributed by atoms with E-state index in [1.165, 1.54) is 11.3 Å². The van der Waals surface area contributed by atoms with Gasteiger partial charge in [-0.05, 0) is 43.3 Å². The molecule has 26 heavy (non-hydrogen) atoms. The van der Waals surface area contributed by atoms with Crippen molar-refractivity contribution in [3.8, 4) is 17.0 Å². The van der Waals surface area contributed by atoms with E-state index in [1.54, 1.807) is 11.5 Å². The van der Waals surface area contributed by atoms with Crippen molar-refractivity contribution in [2.45, 2.75) is 6.92 Å². The van der Waals surface area contributed by atoms with Gasteiger partial charge >= 0.3 is 0 Å². The molecule has 0 spiro atoms. The largest absolute Gasteiger partial charge is 0.497 e. The Hall–Kier alpha value is -3.19. The average Bonchev–Trinajstić information content (AvgIpc) is 3.25. The molecule has 0 aliphatic carbocycles. The third-order valence-corrected chi connectivity index (χ3v) is 4.79. The zero-order valence-corrected chi connectivity index (χ0v) is 15.1.